The summed E-state index contributed by atoms with van der Waals surface area (Å²) in [5.41, 5.74) is 2.23. The Bertz CT molecular complexity index is 1950. The fourth-order valence-electron chi connectivity index (χ4n) is 4.78. The highest BCUT2D eigenvalue weighted by Gasteiger charge is 2.35. The molecule has 0 N–H and O–H groups in total. The highest BCUT2D eigenvalue weighted by Crippen LogP contribution is 2.45. The zero-order chi connectivity index (χ0) is 31.2. The maximum absolute atomic E-state index is 13.1. The molecule has 1 aromatic carbocycles. The van der Waals surface area contributed by atoms with Crippen LogP contribution < -0.4 is 9.47 Å². The van der Waals surface area contributed by atoms with E-state index in [0.29, 0.717) is 28.1 Å². The molecule has 12 nitrogen and oxygen atoms in total. The van der Waals surface area contributed by atoms with Gasteiger partial charge in [-0.25, -0.2) is 33.3 Å². The summed E-state index contributed by atoms with van der Waals surface area (Å²) in [6.07, 6.45) is 2.39. The molecule has 0 atom stereocenters. The Morgan fingerprint density at radius 1 is 1.02 bits per heavy atom. The number of sulfone groups is 1. The number of aryl methyl sites for hydroxylation is 2. The summed E-state index contributed by atoms with van der Waals surface area (Å²) in [6.45, 7) is 0.146. The fourth-order valence-corrected chi connectivity index (χ4v) is 5.31. The van der Waals surface area contributed by atoms with Crippen molar-refractivity contribution in [1.29, 1.82) is 0 Å². The number of ether oxygens (including phenoxy) is 2. The Balaban J connectivity index is 1.35. The maximum atomic E-state index is 13.1. The average Bonchev–Trinajstić information content (AvgIpc) is 3.63. The number of methoxy groups -OCH3 is 1. The third kappa shape index (κ3) is 6.06. The zero-order valence-electron chi connectivity index (χ0n) is 23.9. The van der Waals surface area contributed by atoms with E-state index < -0.39 is 21.7 Å². The normalized spacial score (nSPS) is 13.9. The third-order valence-corrected chi connectivity index (χ3v) is 8.04. The van der Waals surface area contributed by atoms with Crippen LogP contribution in [0.5, 0.6) is 11.8 Å². The quantitative estimate of drug-likeness (QED) is 0.221. The molecule has 1 aliphatic rings. The summed E-state index contributed by atoms with van der Waals surface area (Å²) in [5, 5.41) is 0. The Labute approximate surface area is 249 Å². The minimum atomic E-state index is -4.55. The molecular weight excluding hydrogens is 601 g/mol. The summed E-state index contributed by atoms with van der Waals surface area (Å²) in [7, 11) is -0.277. The summed E-state index contributed by atoms with van der Waals surface area (Å²) in [5.74, 6) is 0.991. The SMILES string of the molecule is COc1ncnc(C2CC2)c1-c1nc(OCc2ccc(-c3nc(C(F)(F)F)cn3C)cc2)c2c(ncn2CCS(C)(=O)=O)n1. The van der Waals surface area contributed by atoms with Gasteiger partial charge in [-0.1, -0.05) is 24.3 Å². The molecule has 0 bridgehead atoms. The van der Waals surface area contributed by atoms with Crippen LogP contribution in [0.15, 0.2) is 43.1 Å². The number of rotatable bonds is 10. The highest BCUT2D eigenvalue weighted by molar-refractivity contribution is 7.90. The van der Waals surface area contributed by atoms with Crippen LogP contribution in [0.2, 0.25) is 0 Å². The van der Waals surface area contributed by atoms with E-state index >= 15 is 0 Å². The van der Waals surface area contributed by atoms with Crippen molar-refractivity contribution in [3.63, 3.8) is 0 Å². The number of fused-ring (bicyclic) bond motifs is 1. The largest absolute Gasteiger partial charge is 0.480 e. The van der Waals surface area contributed by atoms with E-state index in [0.717, 1.165) is 31.0 Å². The molecule has 44 heavy (non-hydrogen) atoms. The van der Waals surface area contributed by atoms with Gasteiger partial charge in [-0.3, -0.25) is 0 Å². The second-order valence-electron chi connectivity index (χ2n) is 10.6. The van der Waals surface area contributed by atoms with Crippen LogP contribution in [0.3, 0.4) is 0 Å². The van der Waals surface area contributed by atoms with Crippen molar-refractivity contribution in [2.24, 2.45) is 7.05 Å². The van der Waals surface area contributed by atoms with Crippen LogP contribution in [0, 0.1) is 0 Å². The lowest BCUT2D eigenvalue weighted by molar-refractivity contribution is -0.140. The Kier molecular flexibility index (Phi) is 7.47. The second kappa shape index (κ2) is 11.2. The van der Waals surface area contributed by atoms with Gasteiger partial charge in [-0.15, -0.1) is 0 Å². The molecular formula is C28H27F3N8O4S. The van der Waals surface area contributed by atoms with Crippen LogP contribution in [0.25, 0.3) is 33.9 Å². The molecule has 0 radical (unpaired) electrons. The number of hydrogen-bond acceptors (Lipinski definition) is 10. The highest BCUT2D eigenvalue weighted by atomic mass is 32.2. The minimum absolute atomic E-state index is 0.0371. The van der Waals surface area contributed by atoms with Crippen molar-refractivity contribution < 1.29 is 31.1 Å². The molecule has 230 valence electrons. The molecule has 1 saturated carbocycles. The standard InChI is InChI=1S/C28H27F3N8O4S/c1-38-12-19(28(29,30)31)35-25(38)18-6-4-16(5-7-18)13-43-27-22-24(34-15-39(22)10-11-44(3,40)41)36-23(37-27)20-21(17-8-9-17)32-14-33-26(20)42-2/h4-7,12,14-15,17H,8-11,13H2,1-3H3. The summed E-state index contributed by atoms with van der Waals surface area (Å²) in [6, 6.07) is 6.76. The van der Waals surface area contributed by atoms with E-state index in [1.165, 1.54) is 31.4 Å². The number of benzene rings is 1. The molecule has 1 aliphatic carbocycles. The van der Waals surface area contributed by atoms with Crippen molar-refractivity contribution in [3.8, 4) is 34.5 Å². The molecule has 0 amide bonds. The Morgan fingerprint density at radius 2 is 1.77 bits per heavy atom. The smallest absolute Gasteiger partial charge is 0.434 e. The lowest BCUT2D eigenvalue weighted by atomic mass is 10.1. The van der Waals surface area contributed by atoms with Gasteiger partial charge in [-0.2, -0.15) is 18.2 Å². The fraction of sp³-hybridized carbons (Fsp3) is 0.357. The predicted octanol–water partition coefficient (Wildman–Crippen LogP) is 4.21. The predicted molar refractivity (Wildman–Crippen MR) is 153 cm³/mol. The topological polar surface area (TPSA) is 140 Å². The van der Waals surface area contributed by atoms with Crippen LogP contribution in [-0.4, -0.2) is 66.6 Å². The van der Waals surface area contributed by atoms with Gasteiger partial charge in [0.05, 0.1) is 24.9 Å². The van der Waals surface area contributed by atoms with Gasteiger partial charge in [0.25, 0.3) is 0 Å². The molecule has 0 aliphatic heterocycles. The number of nitrogens with zero attached hydrogens (tertiary/aromatic N) is 8. The summed E-state index contributed by atoms with van der Waals surface area (Å²) < 4.78 is 77.9. The van der Waals surface area contributed by atoms with Crippen LogP contribution in [0.4, 0.5) is 13.2 Å². The minimum Gasteiger partial charge on any atom is -0.480 e. The zero-order valence-corrected chi connectivity index (χ0v) is 24.7. The van der Waals surface area contributed by atoms with Gasteiger partial charge in [-0.05, 0) is 18.4 Å². The third-order valence-electron chi connectivity index (χ3n) is 7.12. The maximum Gasteiger partial charge on any atom is 0.434 e. The molecule has 0 spiro atoms. The molecule has 0 saturated heterocycles. The number of alkyl halides is 3. The van der Waals surface area contributed by atoms with Gasteiger partial charge in [0, 0.05) is 37.5 Å². The van der Waals surface area contributed by atoms with Crippen molar-refractivity contribution in [1.82, 2.24) is 39.0 Å². The lowest BCUT2D eigenvalue weighted by Gasteiger charge is -2.14. The van der Waals surface area contributed by atoms with Crippen LogP contribution in [-0.2, 0) is 36.2 Å². The molecule has 6 rings (SSSR count). The van der Waals surface area contributed by atoms with Crippen molar-refractivity contribution >= 4 is 21.0 Å². The van der Waals surface area contributed by atoms with E-state index in [-0.39, 0.29) is 48.0 Å². The average molecular weight is 629 g/mol. The number of imidazole rings is 2. The van der Waals surface area contributed by atoms with Crippen LogP contribution >= 0.6 is 0 Å². The van der Waals surface area contributed by atoms with E-state index in [9.17, 15) is 21.6 Å². The summed E-state index contributed by atoms with van der Waals surface area (Å²) in [4.78, 5) is 26.2. The van der Waals surface area contributed by atoms with Gasteiger partial charge in [0.2, 0.25) is 11.8 Å². The monoisotopic (exact) mass is 628 g/mol. The molecule has 5 aromatic rings. The first-order valence-electron chi connectivity index (χ1n) is 13.5. The second-order valence-corrected chi connectivity index (χ2v) is 12.8. The van der Waals surface area contributed by atoms with Gasteiger partial charge >= 0.3 is 6.18 Å². The first kappa shape index (κ1) is 29.5. The van der Waals surface area contributed by atoms with Crippen molar-refractivity contribution in [2.75, 3.05) is 19.1 Å². The van der Waals surface area contributed by atoms with E-state index in [1.54, 1.807) is 28.8 Å². The van der Waals surface area contributed by atoms with Gasteiger partial charge in [0.1, 0.15) is 34.2 Å². The van der Waals surface area contributed by atoms with E-state index in [2.05, 4.69) is 24.9 Å². The first-order chi connectivity index (χ1) is 20.9. The lowest BCUT2D eigenvalue weighted by Crippen LogP contribution is -2.11. The number of aromatic nitrogens is 8. The van der Waals surface area contributed by atoms with Gasteiger partial charge in [0.15, 0.2) is 22.7 Å². The van der Waals surface area contributed by atoms with E-state index in [1.807, 2.05) is 0 Å². The van der Waals surface area contributed by atoms with Gasteiger partial charge < -0.3 is 18.6 Å². The molecule has 4 heterocycles. The van der Waals surface area contributed by atoms with Crippen molar-refractivity contribution in [2.45, 2.75) is 38.1 Å². The Morgan fingerprint density at radius 3 is 2.41 bits per heavy atom. The summed E-state index contributed by atoms with van der Waals surface area (Å²) >= 11 is 0. The van der Waals surface area contributed by atoms with Crippen LogP contribution in [0.1, 0.15) is 35.7 Å². The molecule has 1 fully saturated rings. The molecule has 0 unspecified atom stereocenters. The van der Waals surface area contributed by atoms with Crippen molar-refractivity contribution in [3.05, 3.63) is 60.1 Å². The Hall–Kier alpha value is -4.60. The number of halogens is 3. The molecule has 16 heteroatoms. The molecule has 4 aromatic heterocycles. The van der Waals surface area contributed by atoms with E-state index in [4.69, 9.17) is 14.5 Å². The first-order valence-corrected chi connectivity index (χ1v) is 15.6. The number of hydrogen-bond donors (Lipinski definition) is 0.